The van der Waals surface area contributed by atoms with Crippen LogP contribution in [0, 0.1) is 0 Å². The molecule has 0 fully saturated rings. The Hall–Kier alpha value is -0.880. The summed E-state index contributed by atoms with van der Waals surface area (Å²) in [4.78, 5) is 0. The van der Waals surface area contributed by atoms with E-state index in [0.717, 1.165) is 18.6 Å². The van der Waals surface area contributed by atoms with Crippen LogP contribution in [0.1, 0.15) is 32.4 Å². The van der Waals surface area contributed by atoms with Crippen molar-refractivity contribution in [3.63, 3.8) is 0 Å². The maximum absolute atomic E-state index is 9.94. The number of aliphatic hydroxyl groups is 2. The fourth-order valence-corrected chi connectivity index (χ4v) is 1.88. The first-order valence-electron chi connectivity index (χ1n) is 6.75. The predicted octanol–water partition coefficient (Wildman–Crippen LogP) is 1.30. The van der Waals surface area contributed by atoms with Gasteiger partial charge in [0, 0.05) is 13.1 Å². The first-order valence-corrected chi connectivity index (χ1v) is 6.75. The molecule has 1 rings (SSSR count). The highest BCUT2D eigenvalue weighted by Crippen LogP contribution is 2.09. The SMILES string of the molecule is CCCC(C)(O)CNCC(O)COCc1ccco1. The van der Waals surface area contributed by atoms with Crippen molar-refractivity contribution in [3.8, 4) is 0 Å². The zero-order chi connectivity index (χ0) is 14.1. The van der Waals surface area contributed by atoms with Gasteiger partial charge in [0.15, 0.2) is 0 Å². The van der Waals surface area contributed by atoms with E-state index in [-0.39, 0.29) is 6.61 Å². The maximum atomic E-state index is 9.94. The van der Waals surface area contributed by atoms with Gasteiger partial charge in [-0.1, -0.05) is 13.3 Å². The van der Waals surface area contributed by atoms with Crippen molar-refractivity contribution in [2.45, 2.75) is 45.0 Å². The van der Waals surface area contributed by atoms with E-state index in [0.29, 0.717) is 19.7 Å². The highest BCUT2D eigenvalue weighted by atomic mass is 16.5. The number of nitrogens with one attached hydrogen (secondary N) is 1. The van der Waals surface area contributed by atoms with Crippen LogP contribution in [-0.2, 0) is 11.3 Å². The highest BCUT2D eigenvalue weighted by molar-refractivity contribution is 4.96. The Kier molecular flexibility index (Phi) is 7.09. The molecule has 1 aromatic rings. The van der Waals surface area contributed by atoms with E-state index < -0.39 is 11.7 Å². The maximum Gasteiger partial charge on any atom is 0.129 e. The largest absolute Gasteiger partial charge is 0.467 e. The quantitative estimate of drug-likeness (QED) is 0.598. The summed E-state index contributed by atoms with van der Waals surface area (Å²) in [6.07, 6.45) is 2.67. The zero-order valence-electron chi connectivity index (χ0n) is 11.8. The molecule has 0 saturated carbocycles. The van der Waals surface area contributed by atoms with E-state index in [1.807, 2.05) is 13.0 Å². The molecule has 0 saturated heterocycles. The van der Waals surface area contributed by atoms with Crippen LogP contribution in [-0.4, -0.2) is 41.6 Å². The molecule has 0 aromatic carbocycles. The molecule has 0 aliphatic carbocycles. The van der Waals surface area contributed by atoms with Crippen LogP contribution in [0.2, 0.25) is 0 Å². The molecule has 0 spiro atoms. The summed E-state index contributed by atoms with van der Waals surface area (Å²) >= 11 is 0. The molecule has 1 heterocycles. The Labute approximate surface area is 114 Å². The van der Waals surface area contributed by atoms with E-state index in [4.69, 9.17) is 9.15 Å². The number of rotatable bonds is 10. The van der Waals surface area contributed by atoms with Gasteiger partial charge in [-0.05, 0) is 25.5 Å². The normalized spacial score (nSPS) is 16.2. The molecular formula is C14H25NO4. The summed E-state index contributed by atoms with van der Waals surface area (Å²) < 4.78 is 10.4. The summed E-state index contributed by atoms with van der Waals surface area (Å²) in [5.41, 5.74) is -0.719. The molecule has 19 heavy (non-hydrogen) atoms. The fourth-order valence-electron chi connectivity index (χ4n) is 1.88. The monoisotopic (exact) mass is 271 g/mol. The third kappa shape index (κ3) is 7.32. The smallest absolute Gasteiger partial charge is 0.129 e. The Morgan fingerprint density at radius 3 is 2.95 bits per heavy atom. The van der Waals surface area contributed by atoms with E-state index in [1.54, 1.807) is 19.3 Å². The van der Waals surface area contributed by atoms with Gasteiger partial charge in [0.2, 0.25) is 0 Å². The molecule has 2 atom stereocenters. The molecule has 5 heteroatoms. The van der Waals surface area contributed by atoms with E-state index >= 15 is 0 Å². The third-order valence-corrected chi connectivity index (χ3v) is 2.81. The van der Waals surface area contributed by atoms with Crippen LogP contribution in [0.25, 0.3) is 0 Å². The number of furan rings is 1. The van der Waals surface area contributed by atoms with Crippen molar-refractivity contribution in [1.82, 2.24) is 5.32 Å². The summed E-state index contributed by atoms with van der Waals surface area (Å²) in [5.74, 6) is 0.742. The third-order valence-electron chi connectivity index (χ3n) is 2.81. The lowest BCUT2D eigenvalue weighted by atomic mass is 10.0. The lowest BCUT2D eigenvalue weighted by Gasteiger charge is -2.23. The Morgan fingerprint density at radius 2 is 2.32 bits per heavy atom. The fraction of sp³-hybridized carbons (Fsp3) is 0.714. The van der Waals surface area contributed by atoms with Crippen LogP contribution >= 0.6 is 0 Å². The molecule has 0 bridgehead atoms. The predicted molar refractivity (Wildman–Crippen MR) is 72.8 cm³/mol. The molecule has 0 aliphatic heterocycles. The van der Waals surface area contributed by atoms with Gasteiger partial charge in [-0.3, -0.25) is 0 Å². The van der Waals surface area contributed by atoms with Gasteiger partial charge in [0.1, 0.15) is 12.4 Å². The van der Waals surface area contributed by atoms with Gasteiger partial charge in [-0.15, -0.1) is 0 Å². The lowest BCUT2D eigenvalue weighted by molar-refractivity contribution is 0.0145. The van der Waals surface area contributed by atoms with Crippen LogP contribution in [0.3, 0.4) is 0 Å². The standard InChI is InChI=1S/C14H25NO4/c1-3-6-14(2,17)11-15-8-12(16)9-18-10-13-5-4-7-19-13/h4-5,7,12,15-17H,3,6,8-11H2,1-2H3. The Balaban J connectivity index is 2.06. The van der Waals surface area contributed by atoms with Crippen molar-refractivity contribution in [3.05, 3.63) is 24.2 Å². The molecule has 110 valence electrons. The van der Waals surface area contributed by atoms with Crippen molar-refractivity contribution < 1.29 is 19.4 Å². The molecule has 1 aromatic heterocycles. The second-order valence-electron chi connectivity index (χ2n) is 5.13. The summed E-state index contributed by atoms with van der Waals surface area (Å²) in [6, 6.07) is 3.62. The number of hydrogen-bond acceptors (Lipinski definition) is 5. The molecule has 5 nitrogen and oxygen atoms in total. The molecule has 0 radical (unpaired) electrons. The van der Waals surface area contributed by atoms with Gasteiger partial charge < -0.3 is 24.7 Å². The van der Waals surface area contributed by atoms with E-state index in [9.17, 15) is 10.2 Å². The minimum absolute atomic E-state index is 0.240. The lowest BCUT2D eigenvalue weighted by Crippen LogP contribution is -2.41. The zero-order valence-corrected chi connectivity index (χ0v) is 11.8. The van der Waals surface area contributed by atoms with Gasteiger partial charge in [-0.25, -0.2) is 0 Å². The Morgan fingerprint density at radius 1 is 1.53 bits per heavy atom. The van der Waals surface area contributed by atoms with Crippen LogP contribution in [0.4, 0.5) is 0 Å². The molecule has 0 aliphatic rings. The average Bonchev–Trinajstić information content (AvgIpc) is 2.81. The number of aliphatic hydroxyl groups excluding tert-OH is 1. The second-order valence-corrected chi connectivity index (χ2v) is 5.13. The van der Waals surface area contributed by atoms with Crippen LogP contribution in [0.5, 0.6) is 0 Å². The number of ether oxygens (including phenoxy) is 1. The molecular weight excluding hydrogens is 246 g/mol. The van der Waals surface area contributed by atoms with Crippen LogP contribution in [0.15, 0.2) is 22.8 Å². The topological polar surface area (TPSA) is 74.9 Å². The first kappa shape index (κ1) is 16.2. The van der Waals surface area contributed by atoms with Crippen molar-refractivity contribution in [2.75, 3.05) is 19.7 Å². The van der Waals surface area contributed by atoms with Gasteiger partial charge in [0.05, 0.1) is 24.6 Å². The van der Waals surface area contributed by atoms with E-state index in [2.05, 4.69) is 5.32 Å². The summed E-state index contributed by atoms with van der Waals surface area (Å²) in [5, 5.41) is 22.7. The van der Waals surface area contributed by atoms with Crippen molar-refractivity contribution in [1.29, 1.82) is 0 Å². The van der Waals surface area contributed by atoms with Gasteiger partial charge in [-0.2, -0.15) is 0 Å². The van der Waals surface area contributed by atoms with Crippen molar-refractivity contribution >= 4 is 0 Å². The molecule has 2 unspecified atom stereocenters. The first-order chi connectivity index (χ1) is 9.03. The molecule has 0 amide bonds. The molecule has 3 N–H and O–H groups in total. The minimum Gasteiger partial charge on any atom is -0.467 e. The second kappa shape index (κ2) is 8.32. The highest BCUT2D eigenvalue weighted by Gasteiger charge is 2.18. The van der Waals surface area contributed by atoms with Crippen LogP contribution < -0.4 is 5.32 Å². The summed E-state index contributed by atoms with van der Waals surface area (Å²) in [6.45, 7) is 5.30. The minimum atomic E-state index is -0.719. The van der Waals surface area contributed by atoms with E-state index in [1.165, 1.54) is 0 Å². The number of hydrogen-bond donors (Lipinski definition) is 3. The van der Waals surface area contributed by atoms with Gasteiger partial charge >= 0.3 is 0 Å². The van der Waals surface area contributed by atoms with Gasteiger partial charge in [0.25, 0.3) is 0 Å². The van der Waals surface area contributed by atoms with Crippen molar-refractivity contribution in [2.24, 2.45) is 0 Å². The average molecular weight is 271 g/mol. The summed E-state index contributed by atoms with van der Waals surface area (Å²) in [7, 11) is 0. The Bertz CT molecular complexity index is 324.